The Labute approximate surface area is 195 Å². The Morgan fingerprint density at radius 2 is 2.00 bits per heavy atom. The summed E-state index contributed by atoms with van der Waals surface area (Å²) in [5.74, 6) is 0.685. The van der Waals surface area contributed by atoms with E-state index in [0.717, 1.165) is 17.9 Å². The predicted octanol–water partition coefficient (Wildman–Crippen LogP) is 2.21. The molecule has 2 fully saturated rings. The van der Waals surface area contributed by atoms with Crippen molar-refractivity contribution in [3.05, 3.63) is 34.9 Å². The zero-order valence-corrected chi connectivity index (χ0v) is 20.6. The molecule has 1 saturated heterocycles. The van der Waals surface area contributed by atoms with E-state index in [9.17, 15) is 8.42 Å². The van der Waals surface area contributed by atoms with Crippen LogP contribution in [0.25, 0.3) is 0 Å². The van der Waals surface area contributed by atoms with Crippen LogP contribution in [0.15, 0.2) is 29.3 Å². The van der Waals surface area contributed by atoms with Gasteiger partial charge in [-0.1, -0.05) is 23.7 Å². The third kappa shape index (κ3) is 6.95. The zero-order chi connectivity index (χ0) is 20.0. The average molecular weight is 557 g/mol. The number of nitrogens with one attached hydrogen (secondary N) is 2. The van der Waals surface area contributed by atoms with Crippen molar-refractivity contribution in [3.63, 3.8) is 0 Å². The minimum atomic E-state index is -3.28. The molecule has 1 aliphatic carbocycles. The van der Waals surface area contributed by atoms with Crippen molar-refractivity contribution in [1.29, 1.82) is 0 Å². The lowest BCUT2D eigenvalue weighted by atomic mass is 9.96. The molecular weight excluding hydrogens is 527 g/mol. The topological polar surface area (TPSA) is 83.0 Å². The van der Waals surface area contributed by atoms with Crippen LogP contribution in [-0.4, -0.2) is 70.4 Å². The van der Waals surface area contributed by atoms with Gasteiger partial charge >= 0.3 is 0 Å². The number of nitrogens with zero attached hydrogens (tertiary/aromatic N) is 2. The number of guanidine groups is 1. The lowest BCUT2D eigenvalue weighted by Gasteiger charge is -2.26. The number of morpholine rings is 1. The van der Waals surface area contributed by atoms with Gasteiger partial charge in [-0.05, 0) is 37.5 Å². The zero-order valence-electron chi connectivity index (χ0n) is 16.7. The van der Waals surface area contributed by atoms with Gasteiger partial charge in [0.25, 0.3) is 0 Å². The molecule has 10 heteroatoms. The van der Waals surface area contributed by atoms with Crippen LogP contribution in [0.4, 0.5) is 0 Å². The normalized spacial score (nSPS) is 19.3. The standard InChI is InChI=1S/C19H29ClN4O3S.HI/c1-2-21-18(22-8-13-28(25,26)24-9-11-27-12-10-24)23-15-19(6-7-19)16-4-3-5-17(20)14-16;/h3-5,14H,2,6-13,15H2,1H3,(H2,21,22,23);1H. The van der Waals surface area contributed by atoms with Gasteiger partial charge in [0.05, 0.1) is 25.5 Å². The smallest absolute Gasteiger partial charge is 0.215 e. The van der Waals surface area contributed by atoms with Crippen molar-refractivity contribution in [2.24, 2.45) is 4.99 Å². The lowest BCUT2D eigenvalue weighted by molar-refractivity contribution is 0.0730. The second-order valence-electron chi connectivity index (χ2n) is 7.24. The van der Waals surface area contributed by atoms with Crippen LogP contribution in [0.1, 0.15) is 25.3 Å². The molecule has 29 heavy (non-hydrogen) atoms. The summed E-state index contributed by atoms with van der Waals surface area (Å²) in [4.78, 5) is 4.71. The van der Waals surface area contributed by atoms with E-state index in [0.29, 0.717) is 51.9 Å². The Morgan fingerprint density at radius 3 is 2.62 bits per heavy atom. The first kappa shape index (κ1) is 24.6. The monoisotopic (exact) mass is 556 g/mol. The van der Waals surface area contributed by atoms with E-state index in [2.05, 4.69) is 16.7 Å². The average Bonchev–Trinajstić information content (AvgIpc) is 3.48. The quantitative estimate of drug-likeness (QED) is 0.292. The maximum Gasteiger partial charge on any atom is 0.215 e. The van der Waals surface area contributed by atoms with E-state index >= 15 is 0 Å². The number of ether oxygens (including phenoxy) is 1. The number of benzene rings is 1. The lowest BCUT2D eigenvalue weighted by Crippen LogP contribution is -2.45. The van der Waals surface area contributed by atoms with Crippen LogP contribution in [0.5, 0.6) is 0 Å². The van der Waals surface area contributed by atoms with E-state index in [-0.39, 0.29) is 35.1 Å². The van der Waals surface area contributed by atoms with E-state index in [1.807, 2.05) is 25.1 Å². The highest BCUT2D eigenvalue weighted by Gasteiger charge is 2.44. The van der Waals surface area contributed by atoms with Gasteiger partial charge in [-0.15, -0.1) is 24.0 Å². The van der Waals surface area contributed by atoms with Crippen molar-refractivity contribution in [2.75, 3.05) is 51.7 Å². The van der Waals surface area contributed by atoms with Crippen LogP contribution in [0, 0.1) is 0 Å². The van der Waals surface area contributed by atoms with Crippen LogP contribution in [0.2, 0.25) is 5.02 Å². The second-order valence-corrected chi connectivity index (χ2v) is 9.76. The van der Waals surface area contributed by atoms with Crippen molar-refractivity contribution >= 4 is 51.6 Å². The fourth-order valence-corrected chi connectivity index (χ4v) is 4.85. The van der Waals surface area contributed by atoms with Crippen LogP contribution in [-0.2, 0) is 20.2 Å². The maximum absolute atomic E-state index is 12.4. The van der Waals surface area contributed by atoms with E-state index < -0.39 is 10.0 Å². The van der Waals surface area contributed by atoms with Crippen molar-refractivity contribution in [2.45, 2.75) is 25.2 Å². The van der Waals surface area contributed by atoms with E-state index in [4.69, 9.17) is 21.3 Å². The van der Waals surface area contributed by atoms with E-state index in [1.165, 1.54) is 9.87 Å². The van der Waals surface area contributed by atoms with Gasteiger partial charge in [0, 0.05) is 36.6 Å². The number of rotatable bonds is 8. The summed E-state index contributed by atoms with van der Waals surface area (Å²) < 4.78 is 31.6. The summed E-state index contributed by atoms with van der Waals surface area (Å²) in [7, 11) is -3.28. The minimum absolute atomic E-state index is 0. The summed E-state index contributed by atoms with van der Waals surface area (Å²) in [6.07, 6.45) is 2.17. The Bertz CT molecular complexity index is 796. The largest absolute Gasteiger partial charge is 0.379 e. The first-order valence-electron chi connectivity index (χ1n) is 9.79. The Kier molecular flexibility index (Phi) is 9.46. The molecule has 1 saturated carbocycles. The van der Waals surface area contributed by atoms with Crippen LogP contribution in [0.3, 0.4) is 0 Å². The maximum atomic E-state index is 12.4. The van der Waals surface area contributed by atoms with Crippen LogP contribution >= 0.6 is 35.6 Å². The molecule has 1 aromatic carbocycles. The molecule has 2 aliphatic rings. The molecule has 7 nitrogen and oxygen atoms in total. The highest BCUT2D eigenvalue weighted by molar-refractivity contribution is 14.0. The molecule has 0 spiro atoms. The first-order chi connectivity index (χ1) is 13.5. The number of halogens is 2. The van der Waals surface area contributed by atoms with Crippen molar-refractivity contribution < 1.29 is 13.2 Å². The third-order valence-electron chi connectivity index (χ3n) is 5.19. The SMILES string of the molecule is CCNC(=NCC1(c2cccc(Cl)c2)CC1)NCCS(=O)(=O)N1CCOCC1.I. The van der Waals surface area contributed by atoms with E-state index in [1.54, 1.807) is 0 Å². The molecule has 164 valence electrons. The Hall–Kier alpha value is -0.620. The van der Waals surface area contributed by atoms with Gasteiger partial charge < -0.3 is 15.4 Å². The summed E-state index contributed by atoms with van der Waals surface area (Å²) in [6.45, 7) is 5.45. The molecule has 1 aliphatic heterocycles. The van der Waals surface area contributed by atoms with Gasteiger partial charge in [-0.2, -0.15) is 4.31 Å². The van der Waals surface area contributed by atoms with Gasteiger partial charge in [0.15, 0.2) is 5.96 Å². The summed E-state index contributed by atoms with van der Waals surface area (Å²) in [5, 5.41) is 7.09. The molecule has 0 atom stereocenters. The number of sulfonamides is 1. The minimum Gasteiger partial charge on any atom is -0.379 e. The second kappa shape index (κ2) is 11.1. The molecule has 3 rings (SSSR count). The van der Waals surface area contributed by atoms with Crippen molar-refractivity contribution in [3.8, 4) is 0 Å². The molecule has 1 heterocycles. The fourth-order valence-electron chi connectivity index (χ4n) is 3.33. The van der Waals surface area contributed by atoms with Gasteiger partial charge in [0.1, 0.15) is 0 Å². The molecule has 1 aromatic rings. The Morgan fingerprint density at radius 1 is 1.28 bits per heavy atom. The molecule has 2 N–H and O–H groups in total. The van der Waals surface area contributed by atoms with Gasteiger partial charge in [-0.3, -0.25) is 4.99 Å². The van der Waals surface area contributed by atoms with Gasteiger partial charge in [-0.25, -0.2) is 8.42 Å². The van der Waals surface area contributed by atoms with Crippen molar-refractivity contribution in [1.82, 2.24) is 14.9 Å². The van der Waals surface area contributed by atoms with Gasteiger partial charge in [0.2, 0.25) is 10.0 Å². The summed E-state index contributed by atoms with van der Waals surface area (Å²) in [5.41, 5.74) is 1.27. The highest BCUT2D eigenvalue weighted by atomic mass is 127. The molecule has 0 unspecified atom stereocenters. The fraction of sp³-hybridized carbons (Fsp3) is 0.632. The van der Waals surface area contributed by atoms with Crippen LogP contribution < -0.4 is 10.6 Å². The number of aliphatic imine (C=N–C) groups is 1. The molecule has 0 bridgehead atoms. The predicted molar refractivity (Wildman–Crippen MR) is 128 cm³/mol. The molecule has 0 radical (unpaired) electrons. The molecule has 0 aromatic heterocycles. The molecule has 0 amide bonds. The number of hydrogen-bond acceptors (Lipinski definition) is 4. The third-order valence-corrected chi connectivity index (χ3v) is 7.30. The summed E-state index contributed by atoms with van der Waals surface area (Å²) in [6, 6.07) is 7.97. The highest BCUT2D eigenvalue weighted by Crippen LogP contribution is 2.48. The summed E-state index contributed by atoms with van der Waals surface area (Å²) >= 11 is 6.14. The number of hydrogen-bond donors (Lipinski definition) is 2. The first-order valence-corrected chi connectivity index (χ1v) is 11.8. The molecular formula is C19H30ClIN4O3S. The Balaban J connectivity index is 0.00000300.